The molecule has 1 aromatic heterocycles. The molecule has 2 rings (SSSR count). The van der Waals surface area contributed by atoms with Crippen molar-refractivity contribution in [3.05, 3.63) is 36.0 Å². The average molecular weight is 417 g/mol. The van der Waals surface area contributed by atoms with Crippen LogP contribution in [0.15, 0.2) is 30.5 Å². The number of hydroxylamine groups is 2. The van der Waals surface area contributed by atoms with Crippen molar-refractivity contribution in [3.63, 3.8) is 0 Å². The predicted molar refractivity (Wildman–Crippen MR) is 115 cm³/mol. The maximum atomic E-state index is 13.0. The standard InChI is InChI=1S/C22H32N4O4/c1-6-8-13-30-17-12-9-11-16(14-17)20-18(15-25(3)24-20)21(27)23-19(10-7-2)22(28)26(4)29-5/h9,11-12,14-15,19H,6-8,10,13H2,1-5H3,(H,23,27)/t19-/m0/s1. The summed E-state index contributed by atoms with van der Waals surface area (Å²) >= 11 is 0. The third-order valence-corrected chi connectivity index (χ3v) is 4.71. The largest absolute Gasteiger partial charge is 0.494 e. The molecule has 0 aliphatic carbocycles. The molecule has 0 unspecified atom stereocenters. The number of amides is 2. The van der Waals surface area contributed by atoms with Gasteiger partial charge in [-0.25, -0.2) is 5.06 Å². The van der Waals surface area contributed by atoms with Gasteiger partial charge < -0.3 is 10.1 Å². The monoisotopic (exact) mass is 416 g/mol. The van der Waals surface area contributed by atoms with Crippen LogP contribution in [0.3, 0.4) is 0 Å². The Hall–Kier alpha value is -2.87. The number of unbranched alkanes of at least 4 members (excludes halogenated alkanes) is 1. The van der Waals surface area contributed by atoms with Crippen LogP contribution in [0.1, 0.15) is 49.9 Å². The van der Waals surface area contributed by atoms with Crippen LogP contribution in [0, 0.1) is 0 Å². The number of rotatable bonds is 11. The van der Waals surface area contributed by atoms with Crippen molar-refractivity contribution in [1.29, 1.82) is 0 Å². The van der Waals surface area contributed by atoms with Gasteiger partial charge in [0, 0.05) is 25.9 Å². The minimum Gasteiger partial charge on any atom is -0.494 e. The van der Waals surface area contributed by atoms with Crippen LogP contribution in [0.2, 0.25) is 0 Å². The predicted octanol–water partition coefficient (Wildman–Crippen LogP) is 3.18. The third kappa shape index (κ3) is 6.06. The van der Waals surface area contributed by atoms with E-state index >= 15 is 0 Å². The van der Waals surface area contributed by atoms with E-state index in [4.69, 9.17) is 9.57 Å². The highest BCUT2D eigenvalue weighted by Crippen LogP contribution is 2.26. The molecule has 1 heterocycles. The van der Waals surface area contributed by atoms with Crippen LogP contribution in [0.25, 0.3) is 11.3 Å². The van der Waals surface area contributed by atoms with Gasteiger partial charge >= 0.3 is 0 Å². The van der Waals surface area contributed by atoms with E-state index in [1.807, 2.05) is 31.2 Å². The molecule has 0 bridgehead atoms. The molecule has 0 saturated carbocycles. The fourth-order valence-electron chi connectivity index (χ4n) is 3.03. The van der Waals surface area contributed by atoms with Crippen molar-refractivity contribution in [1.82, 2.24) is 20.2 Å². The zero-order valence-corrected chi connectivity index (χ0v) is 18.5. The zero-order valence-electron chi connectivity index (χ0n) is 18.5. The van der Waals surface area contributed by atoms with E-state index in [9.17, 15) is 9.59 Å². The fourth-order valence-corrected chi connectivity index (χ4v) is 3.03. The fraction of sp³-hybridized carbons (Fsp3) is 0.500. The Kier molecular flexibility index (Phi) is 8.86. The van der Waals surface area contributed by atoms with Crippen molar-refractivity contribution in [2.75, 3.05) is 20.8 Å². The van der Waals surface area contributed by atoms with Gasteiger partial charge in [0.1, 0.15) is 17.5 Å². The molecule has 2 aromatic rings. The first-order chi connectivity index (χ1) is 14.4. The van der Waals surface area contributed by atoms with Gasteiger partial charge in [-0.05, 0) is 25.0 Å². The first-order valence-electron chi connectivity index (χ1n) is 10.3. The Morgan fingerprint density at radius 2 is 2.03 bits per heavy atom. The summed E-state index contributed by atoms with van der Waals surface area (Å²) in [5, 5.41) is 8.43. The second-order valence-corrected chi connectivity index (χ2v) is 7.13. The molecule has 1 aromatic carbocycles. The lowest BCUT2D eigenvalue weighted by Crippen LogP contribution is -2.47. The first-order valence-corrected chi connectivity index (χ1v) is 10.3. The van der Waals surface area contributed by atoms with Crippen molar-refractivity contribution in [2.24, 2.45) is 7.05 Å². The Labute approximate surface area is 178 Å². The zero-order chi connectivity index (χ0) is 22.1. The van der Waals surface area contributed by atoms with Gasteiger partial charge in [-0.2, -0.15) is 5.10 Å². The third-order valence-electron chi connectivity index (χ3n) is 4.71. The van der Waals surface area contributed by atoms with E-state index in [-0.39, 0.29) is 11.8 Å². The van der Waals surface area contributed by atoms with Gasteiger partial charge in [0.2, 0.25) is 0 Å². The number of benzene rings is 1. The molecule has 0 radical (unpaired) electrons. The number of aromatic nitrogens is 2. The van der Waals surface area contributed by atoms with Crippen LogP contribution >= 0.6 is 0 Å². The second-order valence-electron chi connectivity index (χ2n) is 7.13. The maximum Gasteiger partial charge on any atom is 0.268 e. The first kappa shape index (κ1) is 23.4. The number of carbonyl (C=O) groups is 2. The summed E-state index contributed by atoms with van der Waals surface area (Å²) in [5.74, 6) is 0.0786. The second kappa shape index (κ2) is 11.3. The van der Waals surface area contributed by atoms with Gasteiger partial charge in [-0.15, -0.1) is 0 Å². The SMILES string of the molecule is CCCCOc1cccc(-c2nn(C)cc2C(=O)N[C@@H](CCC)C(=O)N(C)OC)c1. The quantitative estimate of drug-likeness (QED) is 0.449. The summed E-state index contributed by atoms with van der Waals surface area (Å²) in [7, 11) is 4.70. The molecule has 0 spiro atoms. The van der Waals surface area contributed by atoms with Gasteiger partial charge in [0.15, 0.2) is 0 Å². The van der Waals surface area contributed by atoms with Crippen molar-refractivity contribution < 1.29 is 19.2 Å². The van der Waals surface area contributed by atoms with Crippen molar-refractivity contribution in [3.8, 4) is 17.0 Å². The van der Waals surface area contributed by atoms with Crippen molar-refractivity contribution in [2.45, 2.75) is 45.6 Å². The molecule has 0 aliphatic rings. The van der Waals surface area contributed by atoms with E-state index in [1.54, 1.807) is 17.9 Å². The lowest BCUT2D eigenvalue weighted by Gasteiger charge is -2.22. The van der Waals surface area contributed by atoms with Gasteiger partial charge in [-0.3, -0.25) is 19.1 Å². The lowest BCUT2D eigenvalue weighted by molar-refractivity contribution is -0.171. The molecule has 0 fully saturated rings. The number of likely N-dealkylation sites (N-methyl/N-ethyl adjacent to an activating group) is 1. The lowest BCUT2D eigenvalue weighted by atomic mass is 10.1. The molecule has 2 amide bonds. The summed E-state index contributed by atoms with van der Waals surface area (Å²) in [6, 6.07) is 6.85. The summed E-state index contributed by atoms with van der Waals surface area (Å²) in [4.78, 5) is 30.5. The molecule has 0 aliphatic heterocycles. The Bertz CT molecular complexity index is 849. The molecule has 8 nitrogen and oxygen atoms in total. The molecule has 164 valence electrons. The smallest absolute Gasteiger partial charge is 0.268 e. The number of ether oxygens (including phenoxy) is 1. The molecule has 1 atom stereocenters. The molecule has 1 N–H and O–H groups in total. The van der Waals surface area contributed by atoms with E-state index in [2.05, 4.69) is 17.3 Å². The Morgan fingerprint density at radius 3 is 2.70 bits per heavy atom. The van der Waals surface area contributed by atoms with Gasteiger partial charge in [-0.1, -0.05) is 38.8 Å². The minimum absolute atomic E-state index is 0.301. The van der Waals surface area contributed by atoms with Crippen LogP contribution < -0.4 is 10.1 Å². The van der Waals surface area contributed by atoms with E-state index in [0.29, 0.717) is 24.3 Å². The number of carbonyl (C=O) groups excluding carboxylic acids is 2. The summed E-state index contributed by atoms with van der Waals surface area (Å²) in [6.07, 6.45) is 4.94. The molecule has 0 saturated heterocycles. The molecule has 30 heavy (non-hydrogen) atoms. The summed E-state index contributed by atoms with van der Waals surface area (Å²) in [6.45, 7) is 4.71. The highest BCUT2D eigenvalue weighted by atomic mass is 16.7. The van der Waals surface area contributed by atoms with Crippen LogP contribution in [0.4, 0.5) is 0 Å². The van der Waals surface area contributed by atoms with Crippen LogP contribution in [-0.2, 0) is 16.7 Å². The van der Waals surface area contributed by atoms with E-state index in [0.717, 1.165) is 35.6 Å². The van der Waals surface area contributed by atoms with Gasteiger partial charge in [0.25, 0.3) is 11.8 Å². The van der Waals surface area contributed by atoms with Crippen LogP contribution in [-0.4, -0.2) is 53.5 Å². The number of nitrogens with zero attached hydrogens (tertiary/aromatic N) is 3. The molecular formula is C22H32N4O4. The normalized spacial score (nSPS) is 11.8. The number of hydrogen-bond acceptors (Lipinski definition) is 5. The highest BCUT2D eigenvalue weighted by molar-refractivity contribution is 6.01. The Balaban J connectivity index is 2.26. The average Bonchev–Trinajstić information content (AvgIpc) is 3.14. The summed E-state index contributed by atoms with van der Waals surface area (Å²) in [5.41, 5.74) is 1.72. The molecule has 8 heteroatoms. The van der Waals surface area contributed by atoms with Crippen molar-refractivity contribution >= 4 is 11.8 Å². The Morgan fingerprint density at radius 1 is 1.27 bits per heavy atom. The number of hydrogen-bond donors (Lipinski definition) is 1. The number of nitrogens with one attached hydrogen (secondary N) is 1. The topological polar surface area (TPSA) is 85.7 Å². The number of aryl methyl sites for hydroxylation is 1. The van der Waals surface area contributed by atoms with Gasteiger partial charge in [0.05, 0.1) is 19.3 Å². The van der Waals surface area contributed by atoms with E-state index in [1.165, 1.54) is 14.2 Å². The highest BCUT2D eigenvalue weighted by Gasteiger charge is 2.26. The van der Waals surface area contributed by atoms with E-state index < -0.39 is 6.04 Å². The van der Waals surface area contributed by atoms with Crippen LogP contribution in [0.5, 0.6) is 5.75 Å². The molecular weight excluding hydrogens is 384 g/mol. The maximum absolute atomic E-state index is 13.0. The summed E-state index contributed by atoms with van der Waals surface area (Å²) < 4.78 is 7.37. The minimum atomic E-state index is -0.677.